The molecular weight excluding hydrogens is 362 g/mol. The van der Waals surface area contributed by atoms with E-state index in [1.165, 1.54) is 6.07 Å². The van der Waals surface area contributed by atoms with Gasteiger partial charge in [-0.1, -0.05) is 29.8 Å². The summed E-state index contributed by atoms with van der Waals surface area (Å²) in [5.41, 5.74) is -0.228. The smallest absolute Gasteiger partial charge is 0.336 e. The van der Waals surface area contributed by atoms with Gasteiger partial charge in [0, 0.05) is 23.0 Å². The van der Waals surface area contributed by atoms with E-state index in [4.69, 9.17) is 10.2 Å². The summed E-state index contributed by atoms with van der Waals surface area (Å²) >= 11 is 3.17. The quantitative estimate of drug-likeness (QED) is 0.698. The second-order valence-electron chi connectivity index (χ2n) is 5.53. The van der Waals surface area contributed by atoms with Crippen molar-refractivity contribution in [1.29, 1.82) is 0 Å². The molecule has 0 amide bonds. The Labute approximate surface area is 132 Å². The van der Waals surface area contributed by atoms with Crippen molar-refractivity contribution < 1.29 is 23.4 Å². The lowest BCUT2D eigenvalue weighted by Crippen LogP contribution is -2.36. The van der Waals surface area contributed by atoms with Crippen LogP contribution in [0.2, 0.25) is 0 Å². The number of rotatable bonds is 6. The van der Waals surface area contributed by atoms with Crippen molar-refractivity contribution in [3.8, 4) is 0 Å². The van der Waals surface area contributed by atoms with Gasteiger partial charge in [-0.2, -0.15) is 0 Å². The van der Waals surface area contributed by atoms with Crippen LogP contribution in [0, 0.1) is 12.3 Å². The standard InChI is InChI=1S/C13H18BrNO5S/c1-8-10(12(17)18)4-9(5-11(8)14)21(19,20)15-6-13(2,3)7-16/h4-5,15-16H,6-7H2,1-3H3,(H,17,18). The molecule has 0 aliphatic heterocycles. The number of hydrogen-bond acceptors (Lipinski definition) is 4. The fraction of sp³-hybridized carbons (Fsp3) is 0.462. The number of aliphatic hydroxyl groups is 1. The lowest BCUT2D eigenvalue weighted by atomic mass is 9.96. The van der Waals surface area contributed by atoms with Gasteiger partial charge >= 0.3 is 5.97 Å². The predicted molar refractivity (Wildman–Crippen MR) is 81.9 cm³/mol. The van der Waals surface area contributed by atoms with Gasteiger partial charge in [0.25, 0.3) is 0 Å². The molecule has 0 aliphatic rings. The molecule has 0 atom stereocenters. The molecule has 0 aliphatic carbocycles. The first kappa shape index (κ1) is 18.1. The third-order valence-corrected chi connectivity index (χ3v) is 5.23. The molecule has 118 valence electrons. The summed E-state index contributed by atoms with van der Waals surface area (Å²) in [6.07, 6.45) is 0. The zero-order chi connectivity index (χ0) is 16.4. The highest BCUT2D eigenvalue weighted by Crippen LogP contribution is 2.25. The van der Waals surface area contributed by atoms with Gasteiger partial charge in [0.1, 0.15) is 0 Å². The Morgan fingerprint density at radius 3 is 2.43 bits per heavy atom. The Morgan fingerprint density at radius 1 is 1.38 bits per heavy atom. The first-order valence-corrected chi connectivity index (χ1v) is 8.42. The molecule has 1 rings (SSSR count). The van der Waals surface area contributed by atoms with Crippen LogP contribution >= 0.6 is 15.9 Å². The van der Waals surface area contributed by atoms with Crippen LogP contribution < -0.4 is 4.72 Å². The fourth-order valence-corrected chi connectivity index (χ4v) is 3.37. The zero-order valence-corrected chi connectivity index (χ0v) is 14.4. The molecule has 0 fully saturated rings. The Balaban J connectivity index is 3.18. The molecule has 21 heavy (non-hydrogen) atoms. The summed E-state index contributed by atoms with van der Waals surface area (Å²) in [7, 11) is -3.85. The summed E-state index contributed by atoms with van der Waals surface area (Å²) < 4.78 is 27.2. The van der Waals surface area contributed by atoms with Crippen LogP contribution in [-0.2, 0) is 10.0 Å². The fourth-order valence-electron chi connectivity index (χ4n) is 1.46. The molecule has 0 bridgehead atoms. The number of carboxylic acids is 1. The van der Waals surface area contributed by atoms with E-state index in [0.29, 0.717) is 10.0 Å². The van der Waals surface area contributed by atoms with Crippen LogP contribution in [0.3, 0.4) is 0 Å². The van der Waals surface area contributed by atoms with Crippen LogP contribution in [-0.4, -0.2) is 37.8 Å². The summed E-state index contributed by atoms with van der Waals surface area (Å²) in [5.74, 6) is -1.19. The normalized spacial score (nSPS) is 12.4. The monoisotopic (exact) mass is 379 g/mol. The number of hydrogen-bond donors (Lipinski definition) is 3. The molecule has 0 saturated heterocycles. The molecule has 0 unspecified atom stereocenters. The molecule has 1 aromatic rings. The van der Waals surface area contributed by atoms with E-state index in [2.05, 4.69) is 20.7 Å². The van der Waals surface area contributed by atoms with Gasteiger partial charge in [0.05, 0.1) is 10.5 Å². The van der Waals surface area contributed by atoms with E-state index in [1.54, 1.807) is 20.8 Å². The van der Waals surface area contributed by atoms with Crippen molar-refractivity contribution in [2.45, 2.75) is 25.7 Å². The van der Waals surface area contributed by atoms with Crippen LogP contribution in [0.1, 0.15) is 29.8 Å². The maximum absolute atomic E-state index is 12.2. The molecule has 0 radical (unpaired) electrons. The van der Waals surface area contributed by atoms with Crippen LogP contribution in [0.4, 0.5) is 0 Å². The van der Waals surface area contributed by atoms with Gasteiger partial charge in [0.15, 0.2) is 0 Å². The predicted octanol–water partition coefficient (Wildman–Crippen LogP) is 1.75. The highest BCUT2D eigenvalue weighted by atomic mass is 79.9. The number of benzene rings is 1. The molecule has 8 heteroatoms. The van der Waals surface area contributed by atoms with Gasteiger partial charge in [0.2, 0.25) is 10.0 Å². The molecule has 6 nitrogen and oxygen atoms in total. The largest absolute Gasteiger partial charge is 0.478 e. The highest BCUT2D eigenvalue weighted by molar-refractivity contribution is 9.10. The van der Waals surface area contributed by atoms with Gasteiger partial charge in [-0.25, -0.2) is 17.9 Å². The number of halogens is 1. The van der Waals surface area contributed by atoms with Gasteiger partial charge < -0.3 is 10.2 Å². The average molecular weight is 380 g/mol. The Morgan fingerprint density at radius 2 is 1.95 bits per heavy atom. The Hall–Kier alpha value is -0.960. The van der Waals surface area contributed by atoms with Crippen molar-refractivity contribution >= 4 is 31.9 Å². The zero-order valence-electron chi connectivity index (χ0n) is 12.0. The second-order valence-corrected chi connectivity index (χ2v) is 8.15. The minimum atomic E-state index is -3.85. The number of carboxylic acid groups (broad SMARTS) is 1. The van der Waals surface area contributed by atoms with Crippen molar-refractivity contribution in [1.82, 2.24) is 4.72 Å². The number of sulfonamides is 1. The van der Waals surface area contributed by atoms with E-state index in [0.717, 1.165) is 6.07 Å². The van der Waals surface area contributed by atoms with E-state index >= 15 is 0 Å². The van der Waals surface area contributed by atoms with E-state index in [-0.39, 0.29) is 23.6 Å². The lowest BCUT2D eigenvalue weighted by molar-refractivity contribution is 0.0695. The van der Waals surface area contributed by atoms with Crippen molar-refractivity contribution in [3.05, 3.63) is 27.7 Å². The summed E-state index contributed by atoms with van der Waals surface area (Å²) in [4.78, 5) is 11.0. The average Bonchev–Trinajstić information content (AvgIpc) is 2.39. The van der Waals surface area contributed by atoms with Gasteiger partial charge in [-0.15, -0.1) is 0 Å². The van der Waals surface area contributed by atoms with E-state index in [9.17, 15) is 13.2 Å². The van der Waals surface area contributed by atoms with Crippen molar-refractivity contribution in [3.63, 3.8) is 0 Å². The first-order valence-electron chi connectivity index (χ1n) is 6.14. The maximum Gasteiger partial charge on any atom is 0.336 e. The minimum Gasteiger partial charge on any atom is -0.478 e. The number of carbonyl (C=O) groups is 1. The molecule has 0 saturated carbocycles. The SMILES string of the molecule is Cc1c(Br)cc(S(=O)(=O)NCC(C)(C)CO)cc1C(=O)O. The maximum atomic E-state index is 12.2. The molecule has 0 spiro atoms. The lowest BCUT2D eigenvalue weighted by Gasteiger charge is -2.22. The Bertz CT molecular complexity index is 655. The van der Waals surface area contributed by atoms with E-state index in [1.807, 2.05) is 0 Å². The van der Waals surface area contributed by atoms with Gasteiger partial charge in [-0.3, -0.25) is 0 Å². The third kappa shape index (κ3) is 4.50. The third-order valence-electron chi connectivity index (χ3n) is 3.03. The Kier molecular flexibility index (Phi) is 5.54. The molecule has 1 aromatic carbocycles. The molecule has 3 N–H and O–H groups in total. The van der Waals surface area contributed by atoms with Crippen molar-refractivity contribution in [2.75, 3.05) is 13.2 Å². The molecule has 0 aromatic heterocycles. The summed E-state index contributed by atoms with van der Waals surface area (Å²) in [6.45, 7) is 4.88. The second kappa shape index (κ2) is 6.43. The molecular formula is C13H18BrNO5S. The number of aromatic carboxylic acids is 1. The highest BCUT2D eigenvalue weighted by Gasteiger charge is 2.23. The van der Waals surface area contributed by atoms with Gasteiger partial charge in [-0.05, 0) is 24.6 Å². The van der Waals surface area contributed by atoms with Crippen LogP contribution in [0.15, 0.2) is 21.5 Å². The number of aliphatic hydroxyl groups excluding tert-OH is 1. The van der Waals surface area contributed by atoms with Crippen LogP contribution in [0.25, 0.3) is 0 Å². The first-order chi connectivity index (χ1) is 9.50. The minimum absolute atomic E-state index is 0.0414. The van der Waals surface area contributed by atoms with Crippen molar-refractivity contribution in [2.24, 2.45) is 5.41 Å². The van der Waals surface area contributed by atoms with E-state index < -0.39 is 21.4 Å². The number of nitrogens with one attached hydrogen (secondary N) is 1. The summed E-state index contributed by atoms with van der Waals surface area (Å²) in [5, 5.41) is 18.2. The molecule has 0 heterocycles. The van der Waals surface area contributed by atoms with Crippen LogP contribution in [0.5, 0.6) is 0 Å². The topological polar surface area (TPSA) is 104 Å². The summed E-state index contributed by atoms with van der Waals surface area (Å²) in [6, 6.07) is 2.48.